The van der Waals surface area contributed by atoms with Crippen molar-refractivity contribution < 1.29 is 44.8 Å². The van der Waals surface area contributed by atoms with Crippen LogP contribution in [0.3, 0.4) is 0 Å². The van der Waals surface area contributed by atoms with E-state index in [1.807, 2.05) is 0 Å². The molecule has 1 aromatic rings. The summed E-state index contributed by atoms with van der Waals surface area (Å²) in [4.78, 5) is 49.2. The third kappa shape index (κ3) is 3.04. The van der Waals surface area contributed by atoms with Gasteiger partial charge in [-0.25, -0.2) is 0 Å². The van der Waals surface area contributed by atoms with Crippen molar-refractivity contribution in [2.24, 2.45) is 17.6 Å². The molecule has 12 nitrogen and oxygen atoms in total. The number of Topliss-reactive ketones (excluding diaryl/α,β-unsaturated/α-hetero) is 2. The number of aliphatic hydroxyl groups excluding tert-OH is 3. The maximum Gasteiger partial charge on any atom is 0.274 e. The Bertz CT molecular complexity index is 1340. The second kappa shape index (κ2) is 7.61. The standard InChI is InChI=1S/C24H26N2O10/c1-7-12-10(26(35)36)5-8(23(2,3)4)17(28)15(12)19(30)16-13(7)18(29)9-6-11(27)14(22(25)33)20(31)24(9,34)21(16)32/h5,7,9,13,18,28-31,34H,6H2,1-4H3,(H2,25,33). The summed E-state index contributed by atoms with van der Waals surface area (Å²) in [6.45, 7) is 6.46. The van der Waals surface area contributed by atoms with Crippen molar-refractivity contribution in [2.75, 3.05) is 0 Å². The van der Waals surface area contributed by atoms with Gasteiger partial charge in [0.1, 0.15) is 22.8 Å². The fraction of sp³-hybridized carbons (Fsp3) is 0.458. The van der Waals surface area contributed by atoms with E-state index in [0.717, 1.165) is 0 Å². The lowest BCUT2D eigenvalue weighted by Gasteiger charge is -2.50. The molecule has 36 heavy (non-hydrogen) atoms. The first-order valence-corrected chi connectivity index (χ1v) is 11.2. The number of rotatable bonds is 2. The van der Waals surface area contributed by atoms with Crippen molar-refractivity contribution in [3.63, 3.8) is 0 Å². The van der Waals surface area contributed by atoms with Gasteiger partial charge >= 0.3 is 0 Å². The van der Waals surface area contributed by atoms with Crippen LogP contribution >= 0.6 is 0 Å². The quantitative estimate of drug-likeness (QED) is 0.192. The van der Waals surface area contributed by atoms with Crippen LogP contribution in [0.4, 0.5) is 5.69 Å². The maximum atomic E-state index is 13.7. The number of phenols is 1. The maximum absolute atomic E-state index is 13.7. The molecule has 192 valence electrons. The Hall–Kier alpha value is -3.77. The fourth-order valence-electron chi connectivity index (χ4n) is 5.85. The Morgan fingerprint density at radius 1 is 1.22 bits per heavy atom. The van der Waals surface area contributed by atoms with E-state index < -0.39 is 103 Å². The van der Waals surface area contributed by atoms with Crippen LogP contribution in [0.25, 0.3) is 5.76 Å². The van der Waals surface area contributed by atoms with Crippen molar-refractivity contribution in [2.45, 2.75) is 57.2 Å². The van der Waals surface area contributed by atoms with Crippen LogP contribution in [0.2, 0.25) is 0 Å². The Morgan fingerprint density at radius 2 is 1.81 bits per heavy atom. The van der Waals surface area contributed by atoms with Crippen molar-refractivity contribution >= 4 is 28.9 Å². The van der Waals surface area contributed by atoms with Gasteiger partial charge in [0.15, 0.2) is 11.4 Å². The molecular weight excluding hydrogens is 476 g/mol. The number of carbonyl (C=O) groups is 3. The smallest absolute Gasteiger partial charge is 0.274 e. The minimum Gasteiger partial charge on any atom is -0.508 e. The van der Waals surface area contributed by atoms with E-state index in [9.17, 15) is 50.0 Å². The Kier molecular flexibility index (Phi) is 5.36. The van der Waals surface area contributed by atoms with Crippen LogP contribution in [0, 0.1) is 22.0 Å². The van der Waals surface area contributed by atoms with Gasteiger partial charge in [-0.05, 0) is 11.3 Å². The molecule has 5 atom stereocenters. The lowest BCUT2D eigenvalue weighted by Crippen LogP contribution is -2.64. The summed E-state index contributed by atoms with van der Waals surface area (Å²) in [5, 5.41) is 67.6. The molecule has 0 heterocycles. The van der Waals surface area contributed by atoms with Crippen molar-refractivity contribution in [3.05, 3.63) is 49.8 Å². The molecule has 0 radical (unpaired) electrons. The van der Waals surface area contributed by atoms with Gasteiger partial charge in [-0.15, -0.1) is 0 Å². The van der Waals surface area contributed by atoms with E-state index in [1.54, 1.807) is 20.8 Å². The van der Waals surface area contributed by atoms with Crippen LogP contribution in [-0.2, 0) is 19.8 Å². The van der Waals surface area contributed by atoms with E-state index in [-0.39, 0.29) is 11.1 Å². The van der Waals surface area contributed by atoms with E-state index in [0.29, 0.717) is 0 Å². The number of hydrogen-bond acceptors (Lipinski definition) is 10. The molecule has 1 fully saturated rings. The number of aliphatic hydroxyl groups is 4. The largest absolute Gasteiger partial charge is 0.508 e. The number of aromatic hydroxyl groups is 1. The summed E-state index contributed by atoms with van der Waals surface area (Å²) in [7, 11) is 0. The minimum absolute atomic E-state index is 0.105. The van der Waals surface area contributed by atoms with Crippen LogP contribution in [0.5, 0.6) is 5.75 Å². The van der Waals surface area contributed by atoms with Gasteiger partial charge < -0.3 is 31.3 Å². The molecule has 1 amide bonds. The van der Waals surface area contributed by atoms with Gasteiger partial charge in [-0.3, -0.25) is 24.5 Å². The lowest BCUT2D eigenvalue weighted by molar-refractivity contribution is -0.386. The molecule has 0 aromatic heterocycles. The van der Waals surface area contributed by atoms with Crippen molar-refractivity contribution in [3.8, 4) is 5.75 Å². The molecule has 3 aliphatic rings. The molecule has 1 aromatic carbocycles. The number of primary amides is 1. The van der Waals surface area contributed by atoms with Crippen LogP contribution < -0.4 is 5.73 Å². The molecule has 7 N–H and O–H groups in total. The molecule has 3 aliphatic carbocycles. The average Bonchev–Trinajstić information content (AvgIpc) is 2.75. The van der Waals surface area contributed by atoms with Gasteiger partial charge in [0.05, 0.1) is 16.6 Å². The molecule has 0 bridgehead atoms. The summed E-state index contributed by atoms with van der Waals surface area (Å²) in [5.41, 5.74) is -1.12. The number of fused-ring (bicyclic) bond motifs is 3. The first-order chi connectivity index (χ1) is 16.5. The zero-order chi connectivity index (χ0) is 27.2. The molecule has 0 aliphatic heterocycles. The van der Waals surface area contributed by atoms with Crippen LogP contribution in [-0.4, -0.2) is 59.6 Å². The van der Waals surface area contributed by atoms with E-state index >= 15 is 0 Å². The first kappa shape index (κ1) is 25.3. The zero-order valence-electron chi connectivity index (χ0n) is 19.9. The van der Waals surface area contributed by atoms with Gasteiger partial charge in [0.25, 0.3) is 11.6 Å². The molecule has 0 spiro atoms. The highest BCUT2D eigenvalue weighted by Crippen LogP contribution is 2.58. The summed E-state index contributed by atoms with van der Waals surface area (Å²) < 4.78 is 0. The Balaban J connectivity index is 2.10. The number of benzene rings is 1. The third-order valence-corrected chi connectivity index (χ3v) is 7.58. The van der Waals surface area contributed by atoms with Crippen molar-refractivity contribution in [1.29, 1.82) is 0 Å². The number of nitro groups is 1. The van der Waals surface area contributed by atoms with Gasteiger partial charge in [-0.1, -0.05) is 27.7 Å². The predicted octanol–water partition coefficient (Wildman–Crippen LogP) is 1.16. The third-order valence-electron chi connectivity index (χ3n) is 7.58. The molecule has 5 unspecified atom stereocenters. The molecular formula is C24H26N2O10. The van der Waals surface area contributed by atoms with E-state index in [4.69, 9.17) is 5.73 Å². The van der Waals surface area contributed by atoms with Gasteiger partial charge in [-0.2, -0.15) is 0 Å². The van der Waals surface area contributed by atoms with Crippen molar-refractivity contribution in [1.82, 2.24) is 0 Å². The van der Waals surface area contributed by atoms with E-state index in [1.165, 1.54) is 13.0 Å². The summed E-state index contributed by atoms with van der Waals surface area (Å²) in [6, 6.07) is 1.17. The van der Waals surface area contributed by atoms with Crippen LogP contribution in [0.15, 0.2) is 23.0 Å². The number of hydrogen-bond donors (Lipinski definition) is 6. The molecule has 0 saturated heterocycles. The number of amides is 1. The molecule has 4 rings (SSSR count). The number of nitro benzene ring substituents is 1. The van der Waals surface area contributed by atoms with Gasteiger partial charge in [0, 0.05) is 41.0 Å². The Morgan fingerprint density at radius 3 is 2.31 bits per heavy atom. The second-order valence-corrected chi connectivity index (χ2v) is 10.6. The average molecular weight is 502 g/mol. The summed E-state index contributed by atoms with van der Waals surface area (Å²) in [5.74, 6) is -10.5. The minimum atomic E-state index is -2.97. The molecule has 1 saturated carbocycles. The second-order valence-electron chi connectivity index (χ2n) is 10.6. The van der Waals surface area contributed by atoms with E-state index in [2.05, 4.69) is 0 Å². The number of carbonyl (C=O) groups excluding carboxylic acids is 3. The van der Waals surface area contributed by atoms with Crippen LogP contribution in [0.1, 0.15) is 56.7 Å². The predicted molar refractivity (Wildman–Crippen MR) is 123 cm³/mol. The monoisotopic (exact) mass is 502 g/mol. The summed E-state index contributed by atoms with van der Waals surface area (Å²) >= 11 is 0. The normalized spacial score (nSPS) is 30.1. The zero-order valence-corrected chi connectivity index (χ0v) is 19.9. The Labute approximate surface area is 204 Å². The lowest BCUT2D eigenvalue weighted by atomic mass is 9.55. The topological polar surface area (TPSA) is 222 Å². The fourth-order valence-corrected chi connectivity index (χ4v) is 5.85. The summed E-state index contributed by atoms with van der Waals surface area (Å²) in [6.07, 6.45) is -2.50. The first-order valence-electron chi connectivity index (χ1n) is 11.2. The number of ketones is 2. The SMILES string of the molecule is CC1c2c([N+](=O)[O-])cc(C(C)(C)C)c(O)c2C(O)=C2C(=O)C3(O)C(O)=C(C(N)=O)C(=O)CC3C(O)C21. The van der Waals surface area contributed by atoms with Gasteiger partial charge in [0.2, 0.25) is 5.78 Å². The highest BCUT2D eigenvalue weighted by molar-refractivity contribution is 6.23. The highest BCUT2D eigenvalue weighted by atomic mass is 16.6. The molecule has 12 heteroatoms. The number of nitrogens with two attached hydrogens (primary N) is 1. The number of phenolic OH excluding ortho intramolecular Hbond substituents is 1. The number of nitrogens with zero attached hydrogens (tertiary/aromatic N) is 1. The highest BCUT2D eigenvalue weighted by Gasteiger charge is 2.65.